The van der Waals surface area contributed by atoms with Crippen molar-refractivity contribution in [2.75, 3.05) is 20.3 Å². The number of aliphatic hydroxyl groups excluding tert-OH is 1. The van der Waals surface area contributed by atoms with Crippen molar-refractivity contribution in [1.29, 1.82) is 0 Å². The van der Waals surface area contributed by atoms with Gasteiger partial charge in [0.25, 0.3) is 0 Å². The molecule has 0 bridgehead atoms. The van der Waals surface area contributed by atoms with Crippen molar-refractivity contribution in [3.8, 4) is 0 Å². The van der Waals surface area contributed by atoms with Gasteiger partial charge in [-0.25, -0.2) is 17.5 Å². The lowest BCUT2D eigenvalue weighted by Crippen LogP contribution is -2.39. The highest BCUT2D eigenvalue weighted by molar-refractivity contribution is 7.89. The number of benzene rings is 1. The number of hydrogen-bond acceptors (Lipinski definition) is 4. The normalized spacial score (nSPS) is 13.5. The minimum atomic E-state index is -4.03. The van der Waals surface area contributed by atoms with Gasteiger partial charge in [-0.2, -0.15) is 0 Å². The van der Waals surface area contributed by atoms with E-state index < -0.39 is 26.8 Å². The summed E-state index contributed by atoms with van der Waals surface area (Å²) in [5.74, 6) is -0.930. The van der Waals surface area contributed by atoms with Crippen LogP contribution in [0.5, 0.6) is 0 Å². The summed E-state index contributed by atoms with van der Waals surface area (Å²) in [6.45, 7) is -0.130. The largest absolute Gasteiger partial charge is 0.396 e. The molecule has 1 atom stereocenters. The zero-order chi connectivity index (χ0) is 14.5. The molecule has 0 saturated heterocycles. The van der Waals surface area contributed by atoms with Crippen molar-refractivity contribution in [1.82, 2.24) is 4.72 Å². The predicted octanol–water partition coefficient (Wildman–Crippen LogP) is 1.15. The first-order valence-corrected chi connectivity index (χ1v) is 7.34. The second-order valence-electron chi connectivity index (χ2n) is 3.86. The molecule has 5 nitrogen and oxygen atoms in total. The molecule has 108 valence electrons. The van der Waals surface area contributed by atoms with Crippen LogP contribution in [0.25, 0.3) is 0 Å². The maximum absolute atomic E-state index is 13.6. The van der Waals surface area contributed by atoms with Crippen LogP contribution >= 0.6 is 11.6 Å². The highest BCUT2D eigenvalue weighted by atomic mass is 35.5. The number of ether oxygens (including phenoxy) is 1. The Bertz CT molecular complexity index is 517. The van der Waals surface area contributed by atoms with Crippen LogP contribution in [0.2, 0.25) is 5.02 Å². The van der Waals surface area contributed by atoms with Gasteiger partial charge in [0.1, 0.15) is 10.7 Å². The molecule has 1 aromatic rings. The van der Waals surface area contributed by atoms with E-state index in [2.05, 4.69) is 4.72 Å². The van der Waals surface area contributed by atoms with Crippen molar-refractivity contribution < 1.29 is 22.7 Å². The Hall–Kier alpha value is -0.730. The molecule has 0 spiro atoms. The number of halogens is 2. The van der Waals surface area contributed by atoms with E-state index in [0.29, 0.717) is 0 Å². The van der Waals surface area contributed by atoms with E-state index >= 15 is 0 Å². The summed E-state index contributed by atoms with van der Waals surface area (Å²) in [4.78, 5) is -0.490. The van der Waals surface area contributed by atoms with E-state index in [1.54, 1.807) is 0 Å². The molecule has 1 aromatic carbocycles. The first-order valence-electron chi connectivity index (χ1n) is 5.48. The number of nitrogens with one attached hydrogen (secondary N) is 1. The van der Waals surface area contributed by atoms with Gasteiger partial charge in [-0.1, -0.05) is 11.6 Å². The molecule has 0 aliphatic heterocycles. The average molecular weight is 312 g/mol. The molecule has 0 radical (unpaired) electrons. The third-order valence-electron chi connectivity index (χ3n) is 2.35. The van der Waals surface area contributed by atoms with Crippen LogP contribution in [0.4, 0.5) is 4.39 Å². The summed E-state index contributed by atoms with van der Waals surface area (Å²) < 4.78 is 44.7. The van der Waals surface area contributed by atoms with Crippen molar-refractivity contribution in [2.24, 2.45) is 0 Å². The third kappa shape index (κ3) is 4.70. The number of aliphatic hydroxyl groups is 1. The molecule has 0 aromatic heterocycles. The average Bonchev–Trinajstić information content (AvgIpc) is 2.28. The lowest BCUT2D eigenvalue weighted by molar-refractivity contribution is 0.158. The fourth-order valence-corrected chi connectivity index (χ4v) is 2.98. The molecule has 1 unspecified atom stereocenters. The van der Waals surface area contributed by atoms with Crippen molar-refractivity contribution in [3.05, 3.63) is 29.0 Å². The Morgan fingerprint density at radius 3 is 2.74 bits per heavy atom. The number of sulfonamides is 1. The molecule has 0 aliphatic rings. The van der Waals surface area contributed by atoms with Crippen LogP contribution in [0.15, 0.2) is 23.1 Å². The quantitative estimate of drug-likeness (QED) is 0.792. The Morgan fingerprint density at radius 1 is 1.53 bits per heavy atom. The second-order valence-corrected chi connectivity index (χ2v) is 5.98. The van der Waals surface area contributed by atoms with Gasteiger partial charge < -0.3 is 9.84 Å². The van der Waals surface area contributed by atoms with Crippen molar-refractivity contribution in [2.45, 2.75) is 17.4 Å². The summed E-state index contributed by atoms with van der Waals surface area (Å²) in [5.41, 5.74) is 0. The number of hydrogen-bond donors (Lipinski definition) is 2. The van der Waals surface area contributed by atoms with Gasteiger partial charge in [-0.15, -0.1) is 0 Å². The Labute approximate surface area is 116 Å². The number of rotatable bonds is 7. The predicted molar refractivity (Wildman–Crippen MR) is 69.1 cm³/mol. The maximum Gasteiger partial charge on any atom is 0.243 e. The summed E-state index contributed by atoms with van der Waals surface area (Å²) in [7, 11) is -2.62. The summed E-state index contributed by atoms with van der Waals surface area (Å²) in [5, 5.41) is 8.95. The molecular formula is C11H15ClFNO4S. The molecular weight excluding hydrogens is 297 g/mol. The zero-order valence-corrected chi connectivity index (χ0v) is 11.8. The van der Waals surface area contributed by atoms with Crippen LogP contribution in [0, 0.1) is 5.82 Å². The van der Waals surface area contributed by atoms with Gasteiger partial charge in [0.15, 0.2) is 0 Å². The van der Waals surface area contributed by atoms with E-state index in [9.17, 15) is 12.8 Å². The minimum Gasteiger partial charge on any atom is -0.396 e. The highest BCUT2D eigenvalue weighted by Gasteiger charge is 2.23. The molecule has 0 fully saturated rings. The number of methoxy groups -OCH3 is 1. The zero-order valence-electron chi connectivity index (χ0n) is 10.3. The Balaban J connectivity index is 2.96. The van der Waals surface area contributed by atoms with Gasteiger partial charge in [-0.3, -0.25) is 0 Å². The smallest absolute Gasteiger partial charge is 0.243 e. The summed E-state index contributed by atoms with van der Waals surface area (Å²) in [6, 6.07) is 2.67. The van der Waals surface area contributed by atoms with E-state index in [1.165, 1.54) is 13.2 Å². The van der Waals surface area contributed by atoms with Crippen molar-refractivity contribution in [3.63, 3.8) is 0 Å². The highest BCUT2D eigenvalue weighted by Crippen LogP contribution is 2.19. The Morgan fingerprint density at radius 2 is 2.21 bits per heavy atom. The van der Waals surface area contributed by atoms with E-state index in [4.69, 9.17) is 21.4 Å². The fraction of sp³-hybridized carbons (Fsp3) is 0.455. The molecule has 19 heavy (non-hydrogen) atoms. The van der Waals surface area contributed by atoms with Gasteiger partial charge in [0.2, 0.25) is 10.0 Å². The lowest BCUT2D eigenvalue weighted by Gasteiger charge is -2.17. The molecule has 1 rings (SSSR count). The molecule has 0 heterocycles. The van der Waals surface area contributed by atoms with Crippen LogP contribution < -0.4 is 4.72 Å². The topological polar surface area (TPSA) is 75.6 Å². The molecule has 0 aliphatic carbocycles. The standard InChI is InChI=1S/C11H15ClFNO4S/c1-18-7-9(4-5-15)14-19(16,17)11-3-2-8(12)6-10(11)13/h2-3,6,9,14-15H,4-5,7H2,1H3. The van der Waals surface area contributed by atoms with E-state index in [-0.39, 0.29) is 24.7 Å². The maximum atomic E-state index is 13.6. The lowest BCUT2D eigenvalue weighted by atomic mass is 10.2. The van der Waals surface area contributed by atoms with Crippen LogP contribution in [0.3, 0.4) is 0 Å². The van der Waals surface area contributed by atoms with Gasteiger partial charge in [-0.05, 0) is 24.6 Å². The first-order chi connectivity index (χ1) is 8.90. The SMILES string of the molecule is COCC(CCO)NS(=O)(=O)c1ccc(Cl)cc1F. The molecule has 0 saturated carbocycles. The van der Waals surface area contributed by atoms with Crippen LogP contribution in [0.1, 0.15) is 6.42 Å². The third-order valence-corrected chi connectivity index (χ3v) is 4.14. The van der Waals surface area contributed by atoms with Gasteiger partial charge >= 0.3 is 0 Å². The van der Waals surface area contributed by atoms with Gasteiger partial charge in [0.05, 0.1) is 6.61 Å². The fourth-order valence-electron chi connectivity index (χ4n) is 1.51. The summed E-state index contributed by atoms with van der Waals surface area (Å²) in [6.07, 6.45) is 0.169. The van der Waals surface area contributed by atoms with E-state index in [1.807, 2.05) is 0 Å². The van der Waals surface area contributed by atoms with Crippen LogP contribution in [-0.4, -0.2) is 39.9 Å². The second kappa shape index (κ2) is 7.16. The molecule has 2 N–H and O–H groups in total. The minimum absolute atomic E-state index is 0.0784. The monoisotopic (exact) mass is 311 g/mol. The summed E-state index contributed by atoms with van der Waals surface area (Å²) >= 11 is 5.56. The van der Waals surface area contributed by atoms with Gasteiger partial charge in [0, 0.05) is 24.8 Å². The Kier molecular flexibility index (Phi) is 6.15. The van der Waals surface area contributed by atoms with Crippen molar-refractivity contribution >= 4 is 21.6 Å². The van der Waals surface area contributed by atoms with E-state index in [0.717, 1.165) is 12.1 Å². The molecule has 0 amide bonds. The van der Waals surface area contributed by atoms with Crippen LogP contribution in [-0.2, 0) is 14.8 Å². The molecule has 8 heteroatoms. The first kappa shape index (κ1) is 16.3.